The van der Waals surface area contributed by atoms with Crippen LogP contribution in [0.4, 0.5) is 10.5 Å². The van der Waals surface area contributed by atoms with Crippen LogP contribution >= 0.6 is 23.4 Å². The van der Waals surface area contributed by atoms with E-state index in [-0.39, 0.29) is 0 Å². The number of hydrogen-bond donors (Lipinski definition) is 1. The second-order valence-electron chi connectivity index (χ2n) is 2.94. The monoisotopic (exact) mass is 255 g/mol. The molecule has 1 heterocycles. The summed E-state index contributed by atoms with van der Waals surface area (Å²) in [5.41, 5.74) is 0.542. The number of nitrogens with one attached hydrogen (secondary N) is 1. The highest BCUT2D eigenvalue weighted by Crippen LogP contribution is 2.23. The van der Waals surface area contributed by atoms with E-state index in [1.165, 1.54) is 0 Å². The molecule has 1 aromatic carbocycles. The zero-order valence-corrected chi connectivity index (χ0v) is 9.46. The summed E-state index contributed by atoms with van der Waals surface area (Å²) in [7, 11) is 0. The summed E-state index contributed by atoms with van der Waals surface area (Å²) >= 11 is 6.56. The number of carbonyl (C=O) groups excluding carboxylic acids is 2. The van der Waals surface area contributed by atoms with Gasteiger partial charge in [0, 0.05) is 5.02 Å². The van der Waals surface area contributed by atoms with E-state index in [9.17, 15) is 9.59 Å². The van der Waals surface area contributed by atoms with Crippen molar-refractivity contribution in [3.63, 3.8) is 0 Å². The summed E-state index contributed by atoms with van der Waals surface area (Å²) in [6, 6.07) is 6.75. The van der Waals surface area contributed by atoms with Gasteiger partial charge in [-0.05, 0) is 30.0 Å². The van der Waals surface area contributed by atoms with E-state index < -0.39 is 16.5 Å². The highest BCUT2D eigenvalue weighted by molar-refractivity contribution is 8.15. The molecule has 2 amide bonds. The summed E-state index contributed by atoms with van der Waals surface area (Å²) in [5.74, 6) is -0.444. The van der Waals surface area contributed by atoms with E-state index in [1.807, 2.05) is 0 Å². The van der Waals surface area contributed by atoms with Gasteiger partial charge < -0.3 is 0 Å². The largest absolute Gasteiger partial charge is 0.288 e. The van der Waals surface area contributed by atoms with Crippen LogP contribution in [0.1, 0.15) is 0 Å². The molecule has 1 N–H and O–H groups in total. The van der Waals surface area contributed by atoms with Gasteiger partial charge in [0.1, 0.15) is 0 Å². The first-order chi connectivity index (χ1) is 7.65. The summed E-state index contributed by atoms with van der Waals surface area (Å²) in [5, 5.41) is 9.06. The average molecular weight is 256 g/mol. The van der Waals surface area contributed by atoms with Crippen molar-refractivity contribution in [2.45, 2.75) is 5.37 Å². The van der Waals surface area contributed by atoms with Crippen molar-refractivity contribution in [3.05, 3.63) is 29.3 Å². The quantitative estimate of drug-likeness (QED) is 0.826. The Morgan fingerprint density at radius 1 is 1.38 bits per heavy atom. The smallest absolute Gasteiger partial charge is 0.284 e. The van der Waals surface area contributed by atoms with Crippen molar-refractivity contribution >= 4 is 40.2 Å². The zero-order valence-electron chi connectivity index (χ0n) is 7.88. The van der Waals surface area contributed by atoms with Crippen LogP contribution in [0, 0.1) is 0 Å². The Kier molecular flexibility index (Phi) is 3.21. The second-order valence-corrected chi connectivity index (χ2v) is 4.43. The van der Waals surface area contributed by atoms with Gasteiger partial charge in [0.15, 0.2) is 0 Å². The predicted octanol–water partition coefficient (Wildman–Crippen LogP) is 2.73. The number of nitrogens with zero attached hydrogens (tertiary/aromatic N) is 2. The minimum Gasteiger partial charge on any atom is -0.284 e. The minimum atomic E-state index is -0.800. The van der Waals surface area contributed by atoms with Gasteiger partial charge >= 0.3 is 0 Å². The van der Waals surface area contributed by atoms with E-state index in [1.54, 1.807) is 24.3 Å². The lowest BCUT2D eigenvalue weighted by atomic mass is 10.3. The average Bonchev–Trinajstić information content (AvgIpc) is 2.54. The number of azo groups is 1. The third-order valence-corrected chi connectivity index (χ3v) is 2.84. The maximum atomic E-state index is 11.1. The summed E-state index contributed by atoms with van der Waals surface area (Å²) < 4.78 is 0. The zero-order chi connectivity index (χ0) is 11.5. The minimum absolute atomic E-state index is 0.403. The Morgan fingerprint density at radius 3 is 2.81 bits per heavy atom. The fraction of sp³-hybridized carbons (Fsp3) is 0.111. The first-order valence-corrected chi connectivity index (χ1v) is 5.59. The standard InChI is InChI=1S/C9H6ClN3O2S/c10-5-2-1-3-6(4-5)12-13-8-7(14)11-9(15)16-8/h1-4,8H,(H,11,14,15). The van der Waals surface area contributed by atoms with E-state index in [2.05, 4.69) is 15.5 Å². The lowest BCUT2D eigenvalue weighted by molar-refractivity contribution is -0.118. The van der Waals surface area contributed by atoms with Crippen molar-refractivity contribution in [2.75, 3.05) is 0 Å². The van der Waals surface area contributed by atoms with Crippen LogP contribution in [0.3, 0.4) is 0 Å². The fourth-order valence-corrected chi connectivity index (χ4v) is 1.89. The van der Waals surface area contributed by atoms with Gasteiger partial charge in [-0.2, -0.15) is 10.2 Å². The molecule has 0 bridgehead atoms. The molecule has 16 heavy (non-hydrogen) atoms. The van der Waals surface area contributed by atoms with E-state index >= 15 is 0 Å². The van der Waals surface area contributed by atoms with Crippen LogP contribution < -0.4 is 5.32 Å². The molecule has 0 aromatic heterocycles. The first kappa shape index (κ1) is 11.1. The maximum absolute atomic E-state index is 11.1. The number of benzene rings is 1. The van der Waals surface area contributed by atoms with Gasteiger partial charge in [-0.25, -0.2) is 0 Å². The molecule has 2 rings (SSSR count). The Hall–Kier alpha value is -1.40. The van der Waals surface area contributed by atoms with Crippen LogP contribution in [0.15, 0.2) is 34.5 Å². The molecule has 0 aliphatic carbocycles. The van der Waals surface area contributed by atoms with E-state index in [4.69, 9.17) is 11.6 Å². The fourth-order valence-electron chi connectivity index (χ4n) is 1.08. The molecule has 0 radical (unpaired) electrons. The van der Waals surface area contributed by atoms with Crippen molar-refractivity contribution in [1.82, 2.24) is 5.32 Å². The molecule has 1 saturated heterocycles. The number of thioether (sulfide) groups is 1. The lowest BCUT2D eigenvalue weighted by Gasteiger charge is -1.96. The number of carbonyl (C=O) groups is 2. The van der Waals surface area contributed by atoms with Crippen molar-refractivity contribution in [2.24, 2.45) is 10.2 Å². The predicted molar refractivity (Wildman–Crippen MR) is 60.9 cm³/mol. The first-order valence-electron chi connectivity index (χ1n) is 4.33. The Balaban J connectivity index is 2.10. The highest BCUT2D eigenvalue weighted by Gasteiger charge is 2.31. The van der Waals surface area contributed by atoms with E-state index in [0.29, 0.717) is 10.7 Å². The van der Waals surface area contributed by atoms with Gasteiger partial charge in [0.25, 0.3) is 11.1 Å². The van der Waals surface area contributed by atoms with Gasteiger partial charge in [0.2, 0.25) is 5.37 Å². The van der Waals surface area contributed by atoms with Gasteiger partial charge in [-0.15, -0.1) is 0 Å². The highest BCUT2D eigenvalue weighted by atomic mass is 35.5. The SMILES string of the molecule is O=C1NC(=O)C(N=Nc2cccc(Cl)c2)S1. The van der Waals surface area contributed by atoms with Gasteiger partial charge in [-0.3, -0.25) is 14.9 Å². The normalized spacial score (nSPS) is 20.4. The molecule has 1 aromatic rings. The van der Waals surface area contributed by atoms with Crippen LogP contribution in [0.5, 0.6) is 0 Å². The summed E-state index contributed by atoms with van der Waals surface area (Å²) in [4.78, 5) is 22.0. The third kappa shape index (κ3) is 2.59. The van der Waals surface area contributed by atoms with Gasteiger partial charge in [0.05, 0.1) is 5.69 Å². The molecular formula is C9H6ClN3O2S. The molecule has 1 unspecified atom stereocenters. The number of halogens is 1. The molecule has 5 nitrogen and oxygen atoms in total. The molecule has 1 aliphatic heterocycles. The number of imide groups is 1. The number of rotatable bonds is 2. The van der Waals surface area contributed by atoms with Crippen molar-refractivity contribution in [1.29, 1.82) is 0 Å². The summed E-state index contributed by atoms with van der Waals surface area (Å²) in [6.07, 6.45) is 0. The molecule has 0 saturated carbocycles. The molecular weight excluding hydrogens is 250 g/mol. The molecule has 0 spiro atoms. The molecule has 1 atom stereocenters. The van der Waals surface area contributed by atoms with Crippen LogP contribution in [0.2, 0.25) is 5.02 Å². The molecule has 1 aliphatic rings. The number of amides is 2. The Morgan fingerprint density at radius 2 is 2.19 bits per heavy atom. The molecule has 82 valence electrons. The Labute approximate surface area is 100 Å². The topological polar surface area (TPSA) is 70.9 Å². The third-order valence-electron chi connectivity index (χ3n) is 1.75. The number of hydrogen-bond acceptors (Lipinski definition) is 5. The molecule has 7 heteroatoms. The second kappa shape index (κ2) is 4.63. The lowest BCUT2D eigenvalue weighted by Crippen LogP contribution is -2.22. The molecule has 1 fully saturated rings. The van der Waals surface area contributed by atoms with Crippen molar-refractivity contribution < 1.29 is 9.59 Å². The van der Waals surface area contributed by atoms with Gasteiger partial charge in [-0.1, -0.05) is 17.7 Å². The summed E-state index contributed by atoms with van der Waals surface area (Å²) in [6.45, 7) is 0. The van der Waals surface area contributed by atoms with Crippen LogP contribution in [-0.2, 0) is 4.79 Å². The van der Waals surface area contributed by atoms with Crippen LogP contribution in [-0.4, -0.2) is 16.5 Å². The van der Waals surface area contributed by atoms with E-state index in [0.717, 1.165) is 11.8 Å². The van der Waals surface area contributed by atoms with Crippen molar-refractivity contribution in [3.8, 4) is 0 Å². The van der Waals surface area contributed by atoms with Crippen LogP contribution in [0.25, 0.3) is 0 Å². The Bertz CT molecular complexity index is 478. The maximum Gasteiger partial charge on any atom is 0.288 e.